The Balaban J connectivity index is 1.55. The van der Waals surface area contributed by atoms with Crippen LogP contribution in [0.25, 0.3) is 11.0 Å². The van der Waals surface area contributed by atoms with Gasteiger partial charge in [-0.05, 0) is 50.8 Å². The van der Waals surface area contributed by atoms with Crippen LogP contribution in [0.15, 0.2) is 41.7 Å². The van der Waals surface area contributed by atoms with E-state index in [9.17, 15) is 4.79 Å². The van der Waals surface area contributed by atoms with Crippen LogP contribution in [0.3, 0.4) is 0 Å². The highest BCUT2D eigenvalue weighted by atomic mass is 16.1. The highest BCUT2D eigenvalue weighted by Gasteiger charge is 2.23. The maximum Gasteiger partial charge on any atom is 0.326 e. The topological polar surface area (TPSA) is 41.0 Å². The van der Waals surface area contributed by atoms with Gasteiger partial charge in [0.25, 0.3) is 0 Å². The van der Waals surface area contributed by atoms with Crippen molar-refractivity contribution in [2.75, 3.05) is 19.6 Å². The molecule has 0 atom stereocenters. The van der Waals surface area contributed by atoms with Crippen LogP contribution in [-0.2, 0) is 0 Å². The van der Waals surface area contributed by atoms with Crippen molar-refractivity contribution in [3.05, 3.63) is 47.4 Å². The number of likely N-dealkylation sites (tertiary alicyclic amines) is 1. The third-order valence-corrected chi connectivity index (χ3v) is 4.93. The molecule has 1 aliphatic heterocycles. The molecular formula is C19H27N3O. The number of benzene rings is 1. The van der Waals surface area contributed by atoms with E-state index < -0.39 is 0 Å². The molecule has 1 fully saturated rings. The second kappa shape index (κ2) is 7.64. The van der Waals surface area contributed by atoms with Gasteiger partial charge in [0.05, 0.1) is 11.0 Å². The van der Waals surface area contributed by atoms with Gasteiger partial charge in [-0.3, -0.25) is 4.57 Å². The summed E-state index contributed by atoms with van der Waals surface area (Å²) in [6.07, 6.45) is 9.07. The summed E-state index contributed by atoms with van der Waals surface area (Å²) in [6.45, 7) is 7.15. The fourth-order valence-electron chi connectivity index (χ4n) is 3.64. The lowest BCUT2D eigenvalue weighted by molar-refractivity contribution is 0.184. The monoisotopic (exact) mass is 313 g/mol. The summed E-state index contributed by atoms with van der Waals surface area (Å²) in [5.41, 5.74) is 2.02. The number of rotatable bonds is 7. The van der Waals surface area contributed by atoms with Gasteiger partial charge in [-0.15, -0.1) is 6.58 Å². The molecule has 0 saturated carbocycles. The molecule has 0 radical (unpaired) electrons. The van der Waals surface area contributed by atoms with Crippen molar-refractivity contribution in [3.63, 3.8) is 0 Å². The third-order valence-electron chi connectivity index (χ3n) is 4.93. The SMILES string of the molecule is C=CCCCCCN1CCC(n2c(=O)[nH]c3ccccc32)CC1. The molecule has 2 heterocycles. The molecule has 4 heteroatoms. The normalized spacial score (nSPS) is 16.9. The number of hydrogen-bond acceptors (Lipinski definition) is 2. The Labute approximate surface area is 137 Å². The minimum absolute atomic E-state index is 0.0362. The first-order valence-electron chi connectivity index (χ1n) is 8.82. The van der Waals surface area contributed by atoms with Gasteiger partial charge < -0.3 is 9.88 Å². The van der Waals surface area contributed by atoms with Crippen molar-refractivity contribution in [1.82, 2.24) is 14.5 Å². The van der Waals surface area contributed by atoms with Gasteiger partial charge in [0.2, 0.25) is 0 Å². The first-order valence-corrected chi connectivity index (χ1v) is 8.82. The number of para-hydroxylation sites is 2. The summed E-state index contributed by atoms with van der Waals surface area (Å²) in [6, 6.07) is 8.32. The Hall–Kier alpha value is -1.81. The Morgan fingerprint density at radius 3 is 2.74 bits per heavy atom. The summed E-state index contributed by atoms with van der Waals surface area (Å²) in [5.74, 6) is 0. The first kappa shape index (κ1) is 16.1. The zero-order valence-electron chi connectivity index (χ0n) is 13.8. The van der Waals surface area contributed by atoms with E-state index in [1.807, 2.05) is 34.9 Å². The molecule has 0 unspecified atom stereocenters. The minimum atomic E-state index is 0.0362. The van der Waals surface area contributed by atoms with Crippen molar-refractivity contribution < 1.29 is 0 Å². The maximum absolute atomic E-state index is 12.3. The fourth-order valence-corrected chi connectivity index (χ4v) is 3.64. The van der Waals surface area contributed by atoms with Crippen LogP contribution in [0.4, 0.5) is 0 Å². The predicted molar refractivity (Wildman–Crippen MR) is 95.9 cm³/mol. The second-order valence-electron chi connectivity index (χ2n) is 6.53. The molecule has 1 aliphatic rings. The number of allylic oxidation sites excluding steroid dienone is 1. The predicted octanol–water partition coefficient (Wildman–Crippen LogP) is 3.71. The van der Waals surface area contributed by atoms with Gasteiger partial charge in [-0.2, -0.15) is 0 Å². The number of unbranched alkanes of at least 4 members (excludes halogenated alkanes) is 3. The lowest BCUT2D eigenvalue weighted by Gasteiger charge is -2.32. The molecule has 1 aromatic carbocycles. The van der Waals surface area contributed by atoms with E-state index in [1.54, 1.807) is 0 Å². The largest absolute Gasteiger partial charge is 0.326 e. The number of aromatic nitrogens is 2. The molecule has 1 N–H and O–H groups in total. The van der Waals surface area contributed by atoms with Crippen LogP contribution in [0.2, 0.25) is 0 Å². The average Bonchev–Trinajstić information content (AvgIpc) is 2.91. The smallest absolute Gasteiger partial charge is 0.306 e. The summed E-state index contributed by atoms with van der Waals surface area (Å²) in [5, 5.41) is 0. The van der Waals surface area contributed by atoms with E-state index in [2.05, 4.69) is 16.5 Å². The number of hydrogen-bond donors (Lipinski definition) is 1. The molecule has 0 amide bonds. The van der Waals surface area contributed by atoms with Crippen LogP contribution in [0, 0.1) is 0 Å². The summed E-state index contributed by atoms with van der Waals surface area (Å²) in [4.78, 5) is 17.8. The standard InChI is InChI=1S/C19H27N3O/c1-2-3-4-5-8-13-21-14-11-16(12-15-21)22-18-10-7-6-9-17(18)20-19(22)23/h2,6-7,9-10,16H,1,3-5,8,11-15H2,(H,20,23). The molecule has 0 bridgehead atoms. The molecule has 1 aromatic heterocycles. The highest BCUT2D eigenvalue weighted by Crippen LogP contribution is 2.24. The fraction of sp³-hybridized carbons (Fsp3) is 0.526. The second-order valence-corrected chi connectivity index (χ2v) is 6.53. The van der Waals surface area contributed by atoms with Crippen LogP contribution in [0.5, 0.6) is 0 Å². The molecule has 0 spiro atoms. The summed E-state index contributed by atoms with van der Waals surface area (Å²) in [7, 11) is 0. The van der Waals surface area contributed by atoms with E-state index >= 15 is 0 Å². The van der Waals surface area contributed by atoms with Crippen molar-refractivity contribution in [3.8, 4) is 0 Å². The van der Waals surface area contributed by atoms with Gasteiger partial charge >= 0.3 is 5.69 Å². The zero-order valence-corrected chi connectivity index (χ0v) is 13.8. The molecular weight excluding hydrogens is 286 g/mol. The molecule has 2 aromatic rings. The Morgan fingerprint density at radius 2 is 1.96 bits per heavy atom. The van der Waals surface area contributed by atoms with Crippen LogP contribution >= 0.6 is 0 Å². The van der Waals surface area contributed by atoms with E-state index in [1.165, 1.54) is 25.8 Å². The summed E-state index contributed by atoms with van der Waals surface area (Å²) < 4.78 is 1.97. The highest BCUT2D eigenvalue weighted by molar-refractivity contribution is 5.75. The molecule has 4 nitrogen and oxygen atoms in total. The molecule has 23 heavy (non-hydrogen) atoms. The Bertz CT molecular complexity index is 692. The average molecular weight is 313 g/mol. The van der Waals surface area contributed by atoms with E-state index in [-0.39, 0.29) is 5.69 Å². The Kier molecular flexibility index (Phi) is 5.34. The van der Waals surface area contributed by atoms with Gasteiger partial charge in [-0.1, -0.05) is 24.6 Å². The zero-order chi connectivity index (χ0) is 16.1. The molecule has 3 rings (SSSR count). The number of imidazole rings is 1. The minimum Gasteiger partial charge on any atom is -0.306 e. The lowest BCUT2D eigenvalue weighted by Crippen LogP contribution is -2.37. The van der Waals surface area contributed by atoms with Crippen LogP contribution < -0.4 is 5.69 Å². The van der Waals surface area contributed by atoms with Crippen molar-refractivity contribution in [2.45, 2.75) is 44.6 Å². The van der Waals surface area contributed by atoms with Gasteiger partial charge in [-0.25, -0.2) is 4.79 Å². The van der Waals surface area contributed by atoms with E-state index in [0.717, 1.165) is 43.4 Å². The van der Waals surface area contributed by atoms with Crippen LogP contribution in [0.1, 0.15) is 44.6 Å². The van der Waals surface area contributed by atoms with Crippen molar-refractivity contribution in [1.29, 1.82) is 0 Å². The van der Waals surface area contributed by atoms with E-state index in [0.29, 0.717) is 6.04 Å². The van der Waals surface area contributed by atoms with Gasteiger partial charge in [0.15, 0.2) is 0 Å². The number of piperidine rings is 1. The number of aromatic amines is 1. The van der Waals surface area contributed by atoms with Crippen molar-refractivity contribution in [2.24, 2.45) is 0 Å². The maximum atomic E-state index is 12.3. The molecule has 0 aliphatic carbocycles. The van der Waals surface area contributed by atoms with E-state index in [4.69, 9.17) is 0 Å². The number of nitrogens with zero attached hydrogens (tertiary/aromatic N) is 2. The van der Waals surface area contributed by atoms with Gasteiger partial charge in [0.1, 0.15) is 0 Å². The van der Waals surface area contributed by atoms with Crippen LogP contribution in [-0.4, -0.2) is 34.1 Å². The quantitative estimate of drug-likeness (QED) is 0.625. The van der Waals surface area contributed by atoms with Gasteiger partial charge in [0, 0.05) is 19.1 Å². The number of fused-ring (bicyclic) bond motifs is 1. The first-order chi connectivity index (χ1) is 11.3. The third kappa shape index (κ3) is 3.75. The molecule has 1 saturated heterocycles. The Morgan fingerprint density at radius 1 is 1.17 bits per heavy atom. The van der Waals surface area contributed by atoms with Crippen molar-refractivity contribution >= 4 is 11.0 Å². The number of nitrogens with one attached hydrogen (secondary N) is 1. The number of H-pyrrole nitrogens is 1. The summed E-state index contributed by atoms with van der Waals surface area (Å²) >= 11 is 0. The molecule has 124 valence electrons. The lowest BCUT2D eigenvalue weighted by atomic mass is 10.0.